The van der Waals surface area contributed by atoms with Crippen LogP contribution in [-0.4, -0.2) is 45.9 Å². The molecule has 0 atom stereocenters. The standard InChI is InChI=1S/C20H26N2O5S2/c1-20(2)13-14-5-4-6-16(18(14)27-20)26-12-11-21-19(23)17-8-7-15(28-17)9-10-22-29(3,24)25/h4-8,22H,9-13H2,1-3H3,(H,21,23). The number of ether oxygens (including phenoxy) is 2. The van der Waals surface area contributed by atoms with Crippen molar-refractivity contribution in [2.24, 2.45) is 0 Å². The zero-order valence-corrected chi connectivity index (χ0v) is 18.4. The van der Waals surface area contributed by atoms with E-state index in [4.69, 9.17) is 9.47 Å². The number of carbonyl (C=O) groups is 1. The Morgan fingerprint density at radius 3 is 2.79 bits per heavy atom. The third-order valence-corrected chi connectivity index (χ3v) is 6.19. The molecule has 2 N–H and O–H groups in total. The van der Waals surface area contributed by atoms with Crippen LogP contribution in [0.5, 0.6) is 11.5 Å². The first-order valence-corrected chi connectivity index (χ1v) is 12.1. The molecule has 2 aromatic rings. The highest BCUT2D eigenvalue weighted by Crippen LogP contribution is 2.41. The van der Waals surface area contributed by atoms with Gasteiger partial charge in [-0.2, -0.15) is 0 Å². The summed E-state index contributed by atoms with van der Waals surface area (Å²) in [7, 11) is -3.20. The fraction of sp³-hybridized carbons (Fsp3) is 0.450. The first kappa shape index (κ1) is 21.6. The second kappa shape index (κ2) is 8.73. The van der Waals surface area contributed by atoms with E-state index in [2.05, 4.69) is 10.0 Å². The molecule has 1 amide bonds. The third-order valence-electron chi connectivity index (χ3n) is 4.32. The summed E-state index contributed by atoms with van der Waals surface area (Å²) in [6.07, 6.45) is 2.51. The molecule has 0 bridgehead atoms. The van der Waals surface area contributed by atoms with Crippen LogP contribution < -0.4 is 19.5 Å². The van der Waals surface area contributed by atoms with Gasteiger partial charge in [-0.3, -0.25) is 4.79 Å². The predicted molar refractivity (Wildman–Crippen MR) is 114 cm³/mol. The Hall–Kier alpha value is -2.10. The van der Waals surface area contributed by atoms with E-state index in [9.17, 15) is 13.2 Å². The van der Waals surface area contributed by atoms with E-state index in [1.807, 2.05) is 38.1 Å². The van der Waals surface area contributed by atoms with Gasteiger partial charge in [-0.25, -0.2) is 13.1 Å². The summed E-state index contributed by atoms with van der Waals surface area (Å²) >= 11 is 1.35. The molecule has 0 radical (unpaired) electrons. The number of thiophene rings is 1. The maximum Gasteiger partial charge on any atom is 0.261 e. The van der Waals surface area contributed by atoms with Gasteiger partial charge in [0.05, 0.1) is 17.7 Å². The number of sulfonamides is 1. The molecule has 0 spiro atoms. The van der Waals surface area contributed by atoms with Crippen LogP contribution in [0.15, 0.2) is 30.3 Å². The first-order valence-electron chi connectivity index (χ1n) is 9.38. The Morgan fingerprint density at radius 2 is 2.03 bits per heavy atom. The van der Waals surface area contributed by atoms with Gasteiger partial charge in [-0.1, -0.05) is 12.1 Å². The second-order valence-electron chi connectivity index (χ2n) is 7.57. The first-order chi connectivity index (χ1) is 13.6. The largest absolute Gasteiger partial charge is 0.488 e. The van der Waals surface area contributed by atoms with Crippen molar-refractivity contribution in [1.29, 1.82) is 0 Å². The highest BCUT2D eigenvalue weighted by Gasteiger charge is 2.32. The van der Waals surface area contributed by atoms with Gasteiger partial charge >= 0.3 is 0 Å². The van der Waals surface area contributed by atoms with Gasteiger partial charge in [0.2, 0.25) is 10.0 Å². The van der Waals surface area contributed by atoms with Gasteiger partial charge in [0.1, 0.15) is 12.2 Å². The Labute approximate surface area is 175 Å². The van der Waals surface area contributed by atoms with Crippen molar-refractivity contribution in [3.8, 4) is 11.5 Å². The number of hydrogen-bond acceptors (Lipinski definition) is 6. The number of rotatable bonds is 9. The number of benzene rings is 1. The molecule has 158 valence electrons. The van der Waals surface area contributed by atoms with E-state index in [1.54, 1.807) is 6.07 Å². The summed E-state index contributed by atoms with van der Waals surface area (Å²) < 4.78 is 36.4. The molecule has 0 saturated carbocycles. The van der Waals surface area contributed by atoms with E-state index < -0.39 is 10.0 Å². The van der Waals surface area contributed by atoms with E-state index in [-0.39, 0.29) is 11.5 Å². The van der Waals surface area contributed by atoms with Gasteiger partial charge < -0.3 is 14.8 Å². The summed E-state index contributed by atoms with van der Waals surface area (Å²) in [4.78, 5) is 13.8. The molecule has 1 aliphatic heterocycles. The molecular weight excluding hydrogens is 412 g/mol. The Balaban J connectivity index is 1.44. The molecule has 1 aromatic carbocycles. The van der Waals surface area contributed by atoms with Crippen LogP contribution in [0, 0.1) is 0 Å². The minimum absolute atomic E-state index is 0.170. The van der Waals surface area contributed by atoms with Gasteiger partial charge in [-0.05, 0) is 38.5 Å². The minimum atomic E-state index is -3.20. The number of para-hydroxylation sites is 1. The van der Waals surface area contributed by atoms with Gasteiger partial charge in [0.15, 0.2) is 11.5 Å². The van der Waals surface area contributed by atoms with Crippen molar-refractivity contribution in [3.63, 3.8) is 0 Å². The lowest BCUT2D eigenvalue weighted by molar-refractivity contribution is 0.0950. The number of nitrogens with one attached hydrogen (secondary N) is 2. The average molecular weight is 439 g/mol. The van der Waals surface area contributed by atoms with E-state index in [0.29, 0.717) is 36.7 Å². The van der Waals surface area contributed by atoms with Gasteiger partial charge in [0, 0.05) is 23.4 Å². The molecule has 0 unspecified atom stereocenters. The van der Waals surface area contributed by atoms with Crippen molar-refractivity contribution in [2.75, 3.05) is 26.0 Å². The van der Waals surface area contributed by atoms with E-state index in [1.165, 1.54) is 11.3 Å². The molecule has 7 nitrogen and oxygen atoms in total. The summed E-state index contributed by atoms with van der Waals surface area (Å²) in [5.74, 6) is 1.31. The monoisotopic (exact) mass is 438 g/mol. The van der Waals surface area contributed by atoms with Gasteiger partial charge in [-0.15, -0.1) is 11.3 Å². The van der Waals surface area contributed by atoms with Crippen molar-refractivity contribution < 1.29 is 22.7 Å². The molecule has 0 aliphatic carbocycles. The zero-order chi connectivity index (χ0) is 21.1. The summed E-state index contributed by atoms with van der Waals surface area (Å²) in [5, 5.41) is 2.84. The van der Waals surface area contributed by atoms with Crippen LogP contribution >= 0.6 is 11.3 Å². The SMILES string of the molecule is CC1(C)Cc2cccc(OCCNC(=O)c3ccc(CCNS(C)(=O)=O)s3)c2O1. The smallest absolute Gasteiger partial charge is 0.261 e. The van der Waals surface area contributed by atoms with Crippen molar-refractivity contribution in [3.05, 3.63) is 45.6 Å². The minimum Gasteiger partial charge on any atom is -0.488 e. The number of amides is 1. The summed E-state index contributed by atoms with van der Waals surface area (Å²) in [6.45, 7) is 5.11. The van der Waals surface area contributed by atoms with Crippen LogP contribution in [-0.2, 0) is 22.9 Å². The van der Waals surface area contributed by atoms with Crippen LogP contribution in [0.4, 0.5) is 0 Å². The molecule has 29 heavy (non-hydrogen) atoms. The molecule has 3 rings (SSSR count). The topological polar surface area (TPSA) is 93.7 Å². The van der Waals surface area contributed by atoms with E-state index >= 15 is 0 Å². The van der Waals surface area contributed by atoms with Crippen molar-refractivity contribution in [2.45, 2.75) is 32.3 Å². The maximum atomic E-state index is 12.3. The number of carbonyl (C=O) groups excluding carboxylic acids is 1. The third kappa shape index (κ3) is 6.19. The highest BCUT2D eigenvalue weighted by molar-refractivity contribution is 7.88. The second-order valence-corrected chi connectivity index (χ2v) is 10.6. The highest BCUT2D eigenvalue weighted by atomic mass is 32.2. The molecule has 1 aliphatic rings. The molecular formula is C20H26N2O5S2. The summed E-state index contributed by atoms with van der Waals surface area (Å²) in [5.41, 5.74) is 0.900. The maximum absolute atomic E-state index is 12.3. The Kier molecular flexibility index (Phi) is 6.50. The molecule has 2 heterocycles. The van der Waals surface area contributed by atoms with Crippen molar-refractivity contribution >= 4 is 27.3 Å². The number of fused-ring (bicyclic) bond motifs is 1. The molecule has 0 fully saturated rings. The van der Waals surface area contributed by atoms with Gasteiger partial charge in [0.25, 0.3) is 5.91 Å². The lowest BCUT2D eigenvalue weighted by Crippen LogP contribution is -2.27. The Morgan fingerprint density at radius 1 is 1.24 bits per heavy atom. The van der Waals surface area contributed by atoms with Crippen LogP contribution in [0.25, 0.3) is 0 Å². The lowest BCUT2D eigenvalue weighted by atomic mass is 10.0. The molecule has 1 aromatic heterocycles. The fourth-order valence-electron chi connectivity index (χ4n) is 3.11. The average Bonchev–Trinajstić information content (AvgIpc) is 3.20. The molecule has 9 heteroatoms. The normalized spacial score (nSPS) is 14.9. The van der Waals surface area contributed by atoms with Crippen LogP contribution in [0.2, 0.25) is 0 Å². The zero-order valence-electron chi connectivity index (χ0n) is 16.8. The predicted octanol–water partition coefficient (Wildman–Crippen LogP) is 2.36. The lowest BCUT2D eigenvalue weighted by Gasteiger charge is -2.18. The number of hydrogen-bond donors (Lipinski definition) is 2. The van der Waals surface area contributed by atoms with Crippen LogP contribution in [0.1, 0.15) is 34.0 Å². The fourth-order valence-corrected chi connectivity index (χ4v) is 4.50. The van der Waals surface area contributed by atoms with Crippen molar-refractivity contribution in [1.82, 2.24) is 10.0 Å². The molecule has 0 saturated heterocycles. The van der Waals surface area contributed by atoms with Crippen LogP contribution in [0.3, 0.4) is 0 Å². The summed E-state index contributed by atoms with van der Waals surface area (Å²) in [6, 6.07) is 9.45. The quantitative estimate of drug-likeness (QED) is 0.586. The Bertz CT molecular complexity index is 983. The van der Waals surface area contributed by atoms with E-state index in [0.717, 1.165) is 28.9 Å².